The van der Waals surface area contributed by atoms with Crippen molar-refractivity contribution in [1.82, 2.24) is 9.88 Å². The number of hydrogen-bond donors (Lipinski definition) is 1. The van der Waals surface area contributed by atoms with E-state index in [1.807, 2.05) is 19.1 Å². The largest absolute Gasteiger partial charge is 0.420 e. The molecular formula is C14H14N2O4. The molecule has 1 saturated heterocycles. The first-order valence-corrected chi connectivity index (χ1v) is 6.58. The molecule has 6 nitrogen and oxygen atoms in total. The molecule has 0 aliphatic carbocycles. The van der Waals surface area contributed by atoms with Crippen molar-refractivity contribution in [2.24, 2.45) is 0 Å². The second-order valence-electron chi connectivity index (χ2n) is 4.82. The first-order valence-electron chi connectivity index (χ1n) is 6.58. The number of carbonyl (C=O) groups excluding carboxylic acids is 2. The molecule has 1 aliphatic heterocycles. The molecule has 2 aromatic rings. The van der Waals surface area contributed by atoms with Crippen LogP contribution in [0, 0.1) is 0 Å². The molecule has 1 aromatic carbocycles. The molecule has 6 heteroatoms. The molecule has 1 atom stereocenters. The van der Waals surface area contributed by atoms with Gasteiger partial charge in [0, 0.05) is 6.42 Å². The number of nitrogens with one attached hydrogen (secondary N) is 1. The molecule has 2 heterocycles. The summed E-state index contributed by atoms with van der Waals surface area (Å²) in [5, 5.41) is 2.26. The molecule has 2 amide bonds. The Hall–Kier alpha value is -2.37. The predicted octanol–water partition coefficient (Wildman–Crippen LogP) is 1.13. The van der Waals surface area contributed by atoms with E-state index in [4.69, 9.17) is 4.42 Å². The van der Waals surface area contributed by atoms with Gasteiger partial charge in [-0.3, -0.25) is 19.5 Å². The zero-order chi connectivity index (χ0) is 14.3. The van der Waals surface area contributed by atoms with E-state index in [1.165, 1.54) is 4.57 Å². The Morgan fingerprint density at radius 1 is 1.35 bits per heavy atom. The average Bonchev–Trinajstić information content (AvgIpc) is 2.75. The summed E-state index contributed by atoms with van der Waals surface area (Å²) in [5.74, 6) is -1.32. The number of imide groups is 1. The van der Waals surface area contributed by atoms with Gasteiger partial charge in [0.05, 0.1) is 5.52 Å². The van der Waals surface area contributed by atoms with Gasteiger partial charge in [0.2, 0.25) is 11.8 Å². The van der Waals surface area contributed by atoms with Crippen LogP contribution in [-0.4, -0.2) is 16.4 Å². The van der Waals surface area contributed by atoms with Crippen molar-refractivity contribution in [3.05, 3.63) is 34.3 Å². The average molecular weight is 274 g/mol. The lowest BCUT2D eigenvalue weighted by atomic mass is 10.1. The van der Waals surface area contributed by atoms with Crippen LogP contribution in [0.2, 0.25) is 0 Å². The third-order valence-electron chi connectivity index (χ3n) is 3.62. The Balaban J connectivity index is 2.17. The number of aromatic nitrogens is 1. The maximum atomic E-state index is 12.1. The van der Waals surface area contributed by atoms with Crippen molar-refractivity contribution in [2.75, 3.05) is 0 Å². The van der Waals surface area contributed by atoms with Crippen molar-refractivity contribution >= 4 is 22.9 Å². The van der Waals surface area contributed by atoms with Crippen molar-refractivity contribution in [2.45, 2.75) is 32.2 Å². The lowest BCUT2D eigenvalue weighted by Crippen LogP contribution is -2.43. The second-order valence-corrected chi connectivity index (χ2v) is 4.82. The topological polar surface area (TPSA) is 81.3 Å². The molecule has 0 spiro atoms. The van der Waals surface area contributed by atoms with Crippen LogP contribution in [0.1, 0.15) is 31.4 Å². The highest BCUT2D eigenvalue weighted by Gasteiger charge is 2.31. The predicted molar refractivity (Wildman–Crippen MR) is 71.3 cm³/mol. The Morgan fingerprint density at radius 3 is 2.85 bits per heavy atom. The fourth-order valence-electron chi connectivity index (χ4n) is 2.62. The highest BCUT2D eigenvalue weighted by molar-refractivity contribution is 6.00. The molecule has 0 unspecified atom stereocenters. The van der Waals surface area contributed by atoms with E-state index in [-0.39, 0.29) is 12.3 Å². The first kappa shape index (κ1) is 12.7. The van der Waals surface area contributed by atoms with Gasteiger partial charge in [-0.2, -0.15) is 0 Å². The molecule has 104 valence electrons. The summed E-state index contributed by atoms with van der Waals surface area (Å²) in [5.41, 5.74) is 2.04. The van der Waals surface area contributed by atoms with Crippen LogP contribution in [0.15, 0.2) is 27.4 Å². The quantitative estimate of drug-likeness (QED) is 0.832. The molecule has 0 bridgehead atoms. The summed E-state index contributed by atoms with van der Waals surface area (Å²) in [6, 6.07) is 4.79. The van der Waals surface area contributed by atoms with Crippen molar-refractivity contribution < 1.29 is 14.0 Å². The Morgan fingerprint density at radius 2 is 2.15 bits per heavy atom. The van der Waals surface area contributed by atoms with Crippen LogP contribution in [0.4, 0.5) is 0 Å². The number of aryl methyl sites for hydroxylation is 1. The van der Waals surface area contributed by atoms with Gasteiger partial charge in [-0.05, 0) is 24.5 Å². The molecule has 20 heavy (non-hydrogen) atoms. The van der Waals surface area contributed by atoms with Gasteiger partial charge in [0.25, 0.3) is 0 Å². The molecule has 0 saturated carbocycles. The molecule has 0 radical (unpaired) electrons. The summed E-state index contributed by atoms with van der Waals surface area (Å²) in [6.07, 6.45) is 1.28. The minimum atomic E-state index is -0.687. The lowest BCUT2D eigenvalue weighted by Gasteiger charge is -2.21. The van der Waals surface area contributed by atoms with E-state index < -0.39 is 17.7 Å². The van der Waals surface area contributed by atoms with Gasteiger partial charge < -0.3 is 4.42 Å². The number of amides is 2. The van der Waals surface area contributed by atoms with Gasteiger partial charge >= 0.3 is 5.76 Å². The maximum absolute atomic E-state index is 12.1. The van der Waals surface area contributed by atoms with Crippen LogP contribution < -0.4 is 11.1 Å². The SMILES string of the molecule is CCc1cccc2c1oc(=O)n2[C@@H]1CCC(=O)NC1=O. The van der Waals surface area contributed by atoms with Gasteiger partial charge in [-0.1, -0.05) is 19.1 Å². The van der Waals surface area contributed by atoms with Gasteiger partial charge in [0.1, 0.15) is 6.04 Å². The minimum Gasteiger partial charge on any atom is -0.407 e. The number of rotatable bonds is 2. The Labute approximate surface area is 114 Å². The molecule has 1 fully saturated rings. The Kier molecular flexibility index (Phi) is 2.93. The van der Waals surface area contributed by atoms with Crippen LogP contribution in [0.25, 0.3) is 11.1 Å². The molecule has 1 aromatic heterocycles. The minimum absolute atomic E-state index is 0.225. The number of piperidine rings is 1. The number of nitrogens with zero attached hydrogens (tertiary/aromatic N) is 1. The zero-order valence-corrected chi connectivity index (χ0v) is 11.0. The third kappa shape index (κ3) is 1.84. The first-order chi connectivity index (χ1) is 9.61. The lowest BCUT2D eigenvalue weighted by molar-refractivity contribution is -0.135. The molecule has 1 aliphatic rings. The van der Waals surface area contributed by atoms with Gasteiger partial charge in [0.15, 0.2) is 5.58 Å². The van der Waals surface area contributed by atoms with Crippen LogP contribution in [0.5, 0.6) is 0 Å². The van der Waals surface area contributed by atoms with Crippen LogP contribution in [0.3, 0.4) is 0 Å². The third-order valence-corrected chi connectivity index (χ3v) is 3.62. The number of fused-ring (bicyclic) bond motifs is 1. The maximum Gasteiger partial charge on any atom is 0.420 e. The highest BCUT2D eigenvalue weighted by atomic mass is 16.4. The normalized spacial score (nSPS) is 19.4. The van der Waals surface area contributed by atoms with Gasteiger partial charge in [-0.25, -0.2) is 4.79 Å². The van der Waals surface area contributed by atoms with E-state index in [1.54, 1.807) is 6.07 Å². The monoisotopic (exact) mass is 274 g/mol. The Bertz CT molecular complexity index is 756. The number of oxazole rings is 1. The van der Waals surface area contributed by atoms with Crippen LogP contribution in [-0.2, 0) is 16.0 Å². The number of para-hydroxylation sites is 1. The summed E-state index contributed by atoms with van der Waals surface area (Å²) >= 11 is 0. The number of carbonyl (C=O) groups is 2. The number of benzene rings is 1. The second kappa shape index (κ2) is 4.63. The molecular weight excluding hydrogens is 260 g/mol. The number of hydrogen-bond acceptors (Lipinski definition) is 4. The fraction of sp³-hybridized carbons (Fsp3) is 0.357. The van der Waals surface area contributed by atoms with E-state index in [0.29, 0.717) is 17.5 Å². The summed E-state index contributed by atoms with van der Waals surface area (Å²) < 4.78 is 6.64. The van der Waals surface area contributed by atoms with E-state index in [0.717, 1.165) is 12.0 Å². The van der Waals surface area contributed by atoms with Crippen molar-refractivity contribution in [3.63, 3.8) is 0 Å². The van der Waals surface area contributed by atoms with Crippen molar-refractivity contribution in [1.29, 1.82) is 0 Å². The van der Waals surface area contributed by atoms with E-state index in [9.17, 15) is 14.4 Å². The summed E-state index contributed by atoms with van der Waals surface area (Å²) in [4.78, 5) is 35.2. The molecule has 3 rings (SSSR count). The van der Waals surface area contributed by atoms with E-state index in [2.05, 4.69) is 5.32 Å². The smallest absolute Gasteiger partial charge is 0.407 e. The summed E-state index contributed by atoms with van der Waals surface area (Å²) in [6.45, 7) is 1.97. The van der Waals surface area contributed by atoms with Crippen molar-refractivity contribution in [3.8, 4) is 0 Å². The fourth-order valence-corrected chi connectivity index (χ4v) is 2.62. The van der Waals surface area contributed by atoms with Gasteiger partial charge in [-0.15, -0.1) is 0 Å². The highest BCUT2D eigenvalue weighted by Crippen LogP contribution is 2.25. The molecule has 1 N–H and O–H groups in total. The summed E-state index contributed by atoms with van der Waals surface area (Å²) in [7, 11) is 0. The standard InChI is InChI=1S/C14H14N2O4/c1-2-8-4-3-5-9-12(8)20-14(19)16(9)10-6-7-11(17)15-13(10)18/h3-5,10H,2,6-7H2,1H3,(H,15,17,18)/t10-/m1/s1. The van der Waals surface area contributed by atoms with E-state index >= 15 is 0 Å². The zero-order valence-electron chi connectivity index (χ0n) is 11.0. The van der Waals surface area contributed by atoms with Crippen LogP contribution >= 0.6 is 0 Å².